The molecule has 0 aromatic carbocycles. The zero-order chi connectivity index (χ0) is 12.7. The second-order valence-electron chi connectivity index (χ2n) is 5.14. The summed E-state index contributed by atoms with van der Waals surface area (Å²) in [5.74, 6) is 0.839. The van der Waals surface area contributed by atoms with Crippen LogP contribution in [0.3, 0.4) is 0 Å². The van der Waals surface area contributed by atoms with Gasteiger partial charge in [0.15, 0.2) is 0 Å². The van der Waals surface area contributed by atoms with Crippen LogP contribution in [0.25, 0.3) is 5.57 Å². The van der Waals surface area contributed by atoms with E-state index in [2.05, 4.69) is 17.1 Å². The van der Waals surface area contributed by atoms with Gasteiger partial charge in [0, 0.05) is 25.0 Å². The molecule has 1 fully saturated rings. The number of likely N-dealkylation sites (tertiary alicyclic amines) is 1. The summed E-state index contributed by atoms with van der Waals surface area (Å²) in [7, 11) is 0. The molecule has 1 aliphatic carbocycles. The third-order valence-corrected chi connectivity index (χ3v) is 4.01. The van der Waals surface area contributed by atoms with E-state index in [-0.39, 0.29) is 0 Å². The number of aryl methyl sites for hydroxylation is 1. The van der Waals surface area contributed by atoms with Gasteiger partial charge in [0.05, 0.1) is 0 Å². The number of nitrogens with zero attached hydrogens (tertiary/aromatic N) is 2. The van der Waals surface area contributed by atoms with Gasteiger partial charge >= 0.3 is 6.09 Å². The number of pyridine rings is 1. The molecular formula is C14H16N2O2. The van der Waals surface area contributed by atoms with Crippen LogP contribution in [0, 0.1) is 18.8 Å². The normalized spacial score (nSPS) is 26.1. The highest BCUT2D eigenvalue weighted by atomic mass is 16.4. The van der Waals surface area contributed by atoms with Gasteiger partial charge in [0.1, 0.15) is 0 Å². The summed E-state index contributed by atoms with van der Waals surface area (Å²) < 4.78 is 0. The van der Waals surface area contributed by atoms with Crippen molar-refractivity contribution in [3.63, 3.8) is 0 Å². The SMILES string of the molecule is Cc1ncccc1C1=C[C@H]2CN(C(=O)O)C[C@H]2C1. The predicted molar refractivity (Wildman–Crippen MR) is 68.1 cm³/mol. The molecule has 0 spiro atoms. The Morgan fingerprint density at radius 1 is 1.50 bits per heavy atom. The van der Waals surface area contributed by atoms with Gasteiger partial charge in [-0.3, -0.25) is 4.98 Å². The van der Waals surface area contributed by atoms with Crippen LogP contribution in [0.15, 0.2) is 24.4 Å². The Morgan fingerprint density at radius 2 is 2.33 bits per heavy atom. The molecule has 1 N–H and O–H groups in total. The molecule has 0 saturated carbocycles. The molecule has 3 rings (SSSR count). The number of carbonyl (C=O) groups is 1. The third-order valence-electron chi connectivity index (χ3n) is 4.01. The van der Waals surface area contributed by atoms with Crippen LogP contribution in [-0.4, -0.2) is 34.2 Å². The molecule has 1 amide bonds. The molecule has 2 aliphatic rings. The van der Waals surface area contributed by atoms with Crippen LogP contribution in [0.2, 0.25) is 0 Å². The molecule has 4 nitrogen and oxygen atoms in total. The molecule has 2 atom stereocenters. The fraction of sp³-hybridized carbons (Fsp3) is 0.429. The molecular weight excluding hydrogens is 228 g/mol. The van der Waals surface area contributed by atoms with Crippen molar-refractivity contribution in [2.45, 2.75) is 13.3 Å². The minimum absolute atomic E-state index is 0.385. The Balaban J connectivity index is 1.82. The topological polar surface area (TPSA) is 53.4 Å². The first-order valence-corrected chi connectivity index (χ1v) is 6.25. The largest absolute Gasteiger partial charge is 0.465 e. The second kappa shape index (κ2) is 4.12. The quantitative estimate of drug-likeness (QED) is 0.825. The standard InChI is InChI=1S/C14H16N2O2/c1-9-13(3-2-4-15-9)10-5-11-7-16(14(17)18)8-12(11)6-10/h2-5,11-12H,6-8H2,1H3,(H,17,18)/t11-,12+/m0/s1. The van der Waals surface area contributed by atoms with E-state index >= 15 is 0 Å². The van der Waals surface area contributed by atoms with E-state index in [1.807, 2.05) is 13.0 Å². The molecule has 1 aromatic rings. The average Bonchev–Trinajstić information content (AvgIpc) is 2.87. The first kappa shape index (κ1) is 11.3. The first-order chi connectivity index (χ1) is 8.65. The van der Waals surface area contributed by atoms with E-state index < -0.39 is 6.09 Å². The van der Waals surface area contributed by atoms with Crippen LogP contribution >= 0.6 is 0 Å². The van der Waals surface area contributed by atoms with Crippen molar-refractivity contribution in [3.8, 4) is 0 Å². The summed E-state index contributed by atoms with van der Waals surface area (Å²) in [6.45, 7) is 3.33. The first-order valence-electron chi connectivity index (χ1n) is 6.25. The predicted octanol–water partition coefficient (Wildman–Crippen LogP) is 2.40. The van der Waals surface area contributed by atoms with Crippen LogP contribution in [-0.2, 0) is 0 Å². The van der Waals surface area contributed by atoms with Crippen molar-refractivity contribution < 1.29 is 9.90 Å². The smallest absolute Gasteiger partial charge is 0.407 e. The van der Waals surface area contributed by atoms with E-state index in [0.29, 0.717) is 24.9 Å². The number of amides is 1. The average molecular weight is 244 g/mol. The van der Waals surface area contributed by atoms with E-state index in [0.717, 1.165) is 12.1 Å². The van der Waals surface area contributed by atoms with Gasteiger partial charge in [-0.15, -0.1) is 0 Å². The van der Waals surface area contributed by atoms with Crippen molar-refractivity contribution in [1.29, 1.82) is 0 Å². The summed E-state index contributed by atoms with van der Waals surface area (Å²) in [4.78, 5) is 16.8. The van der Waals surface area contributed by atoms with Crippen LogP contribution in [0.1, 0.15) is 17.7 Å². The number of hydrogen-bond acceptors (Lipinski definition) is 2. The summed E-state index contributed by atoms with van der Waals surface area (Å²) in [5.41, 5.74) is 3.60. The minimum Gasteiger partial charge on any atom is -0.465 e. The molecule has 0 bridgehead atoms. The summed E-state index contributed by atoms with van der Waals surface area (Å²) in [6, 6.07) is 4.06. The van der Waals surface area contributed by atoms with Crippen LogP contribution in [0.5, 0.6) is 0 Å². The van der Waals surface area contributed by atoms with Crippen molar-refractivity contribution in [2.75, 3.05) is 13.1 Å². The third kappa shape index (κ3) is 1.78. The van der Waals surface area contributed by atoms with Gasteiger partial charge in [-0.1, -0.05) is 12.1 Å². The Hall–Kier alpha value is -1.84. The van der Waals surface area contributed by atoms with Crippen LogP contribution < -0.4 is 0 Å². The molecule has 1 saturated heterocycles. The fourth-order valence-corrected chi connectivity index (χ4v) is 3.09. The van der Waals surface area contributed by atoms with Gasteiger partial charge in [-0.2, -0.15) is 0 Å². The maximum absolute atomic E-state index is 10.9. The Kier molecular flexibility index (Phi) is 2.58. The minimum atomic E-state index is -0.795. The number of fused-ring (bicyclic) bond motifs is 1. The molecule has 4 heteroatoms. The lowest BCUT2D eigenvalue weighted by Gasteiger charge is -2.13. The van der Waals surface area contributed by atoms with E-state index in [4.69, 9.17) is 5.11 Å². The highest BCUT2D eigenvalue weighted by Crippen LogP contribution is 2.41. The lowest BCUT2D eigenvalue weighted by molar-refractivity contribution is 0.153. The van der Waals surface area contributed by atoms with E-state index in [1.54, 1.807) is 6.20 Å². The molecule has 2 heterocycles. The fourth-order valence-electron chi connectivity index (χ4n) is 3.09. The number of hydrogen-bond donors (Lipinski definition) is 1. The highest BCUT2D eigenvalue weighted by molar-refractivity contribution is 5.71. The summed E-state index contributed by atoms with van der Waals surface area (Å²) in [5, 5.41) is 8.99. The van der Waals surface area contributed by atoms with E-state index in [9.17, 15) is 4.79 Å². The Morgan fingerprint density at radius 3 is 3.00 bits per heavy atom. The van der Waals surface area contributed by atoms with Crippen molar-refractivity contribution >= 4 is 11.7 Å². The summed E-state index contributed by atoms with van der Waals surface area (Å²) in [6.07, 6.45) is 4.23. The van der Waals surface area contributed by atoms with Crippen molar-refractivity contribution in [3.05, 3.63) is 35.7 Å². The second-order valence-corrected chi connectivity index (χ2v) is 5.14. The number of carboxylic acid groups (broad SMARTS) is 1. The van der Waals surface area contributed by atoms with E-state index in [1.165, 1.54) is 16.0 Å². The molecule has 1 aliphatic heterocycles. The Bertz CT molecular complexity index is 524. The molecule has 0 unspecified atom stereocenters. The molecule has 94 valence electrons. The Labute approximate surface area is 106 Å². The number of aromatic nitrogens is 1. The van der Waals surface area contributed by atoms with Gasteiger partial charge in [-0.05, 0) is 42.4 Å². The van der Waals surface area contributed by atoms with Gasteiger partial charge in [0.2, 0.25) is 0 Å². The zero-order valence-corrected chi connectivity index (χ0v) is 10.3. The zero-order valence-electron chi connectivity index (χ0n) is 10.3. The van der Waals surface area contributed by atoms with Crippen molar-refractivity contribution in [2.24, 2.45) is 11.8 Å². The summed E-state index contributed by atoms with van der Waals surface area (Å²) >= 11 is 0. The van der Waals surface area contributed by atoms with Crippen molar-refractivity contribution in [1.82, 2.24) is 9.88 Å². The molecule has 0 radical (unpaired) electrons. The van der Waals surface area contributed by atoms with Gasteiger partial charge in [-0.25, -0.2) is 4.79 Å². The maximum Gasteiger partial charge on any atom is 0.407 e. The number of allylic oxidation sites excluding steroid dienone is 1. The van der Waals surface area contributed by atoms with Gasteiger partial charge in [0.25, 0.3) is 0 Å². The van der Waals surface area contributed by atoms with Gasteiger partial charge < -0.3 is 10.0 Å². The maximum atomic E-state index is 10.9. The monoisotopic (exact) mass is 244 g/mol. The lowest BCUT2D eigenvalue weighted by Crippen LogP contribution is -2.27. The molecule has 1 aromatic heterocycles. The van der Waals surface area contributed by atoms with Crippen LogP contribution in [0.4, 0.5) is 4.79 Å². The lowest BCUT2D eigenvalue weighted by atomic mass is 9.98. The highest BCUT2D eigenvalue weighted by Gasteiger charge is 2.38. The number of rotatable bonds is 1. The molecule has 18 heavy (non-hydrogen) atoms.